The molecule has 124 valence electrons. The minimum atomic E-state index is -1.82. The molecule has 0 heterocycles. The average molecular weight is 451 g/mol. The molecular formula is C21H22ClNTe. The Morgan fingerprint density at radius 3 is 1.62 bits per heavy atom. The Hall–Kier alpha value is -1.30. The van der Waals surface area contributed by atoms with Crippen molar-refractivity contribution in [3.05, 3.63) is 90.5 Å². The topological polar surface area (TPSA) is 3.24 Å². The Kier molecular flexibility index (Phi) is 7.34. The SMILES string of the molecule is CN(C)Cc1ccccc1[Te+](c1ccccc1)c1ccccc1.[Cl-]. The molecule has 0 amide bonds. The Morgan fingerprint density at radius 2 is 1.12 bits per heavy atom. The number of nitrogens with zero attached hydrogens (tertiary/aromatic N) is 1. The molecule has 0 aliphatic heterocycles. The van der Waals surface area contributed by atoms with E-state index in [1.54, 1.807) is 3.61 Å². The van der Waals surface area contributed by atoms with Gasteiger partial charge in [0.2, 0.25) is 0 Å². The summed E-state index contributed by atoms with van der Waals surface area (Å²) in [5.41, 5.74) is 1.46. The quantitative estimate of drug-likeness (QED) is 0.463. The predicted octanol–water partition coefficient (Wildman–Crippen LogP) is -0.732. The first kappa shape index (κ1) is 19.0. The molecule has 3 rings (SSSR count). The Morgan fingerprint density at radius 1 is 0.667 bits per heavy atom. The molecule has 3 aromatic rings. The van der Waals surface area contributed by atoms with E-state index >= 15 is 0 Å². The third kappa shape index (κ3) is 4.62. The van der Waals surface area contributed by atoms with Crippen molar-refractivity contribution >= 4 is 30.4 Å². The molecule has 0 saturated carbocycles. The van der Waals surface area contributed by atoms with E-state index in [1.807, 2.05) is 0 Å². The molecule has 0 aliphatic carbocycles. The summed E-state index contributed by atoms with van der Waals surface area (Å²) in [6.07, 6.45) is 0. The van der Waals surface area contributed by atoms with Crippen LogP contribution in [0.4, 0.5) is 0 Å². The molecule has 0 bridgehead atoms. The van der Waals surface area contributed by atoms with Crippen LogP contribution in [0.5, 0.6) is 0 Å². The summed E-state index contributed by atoms with van der Waals surface area (Å²) in [5.74, 6) is 0. The number of halogens is 1. The van der Waals surface area contributed by atoms with Crippen LogP contribution in [-0.4, -0.2) is 38.5 Å². The monoisotopic (exact) mass is 453 g/mol. The number of rotatable bonds is 5. The number of hydrogen-bond donors (Lipinski definition) is 0. The van der Waals surface area contributed by atoms with Crippen LogP contribution in [-0.2, 0) is 6.54 Å². The molecule has 0 spiro atoms. The van der Waals surface area contributed by atoms with Gasteiger partial charge in [0, 0.05) is 0 Å². The molecule has 3 heteroatoms. The molecule has 3 aromatic carbocycles. The first-order valence-corrected chi connectivity index (χ1v) is 11.3. The Bertz CT molecular complexity index is 705. The van der Waals surface area contributed by atoms with Gasteiger partial charge in [-0.2, -0.15) is 0 Å². The van der Waals surface area contributed by atoms with Crippen molar-refractivity contribution in [3.63, 3.8) is 0 Å². The zero-order valence-corrected chi connectivity index (χ0v) is 17.1. The summed E-state index contributed by atoms with van der Waals surface area (Å²) < 4.78 is 4.57. The van der Waals surface area contributed by atoms with E-state index in [1.165, 1.54) is 12.8 Å². The second kappa shape index (κ2) is 9.25. The summed E-state index contributed by atoms with van der Waals surface area (Å²) >= 11 is -1.82. The molecule has 24 heavy (non-hydrogen) atoms. The maximum atomic E-state index is 2.34. The van der Waals surface area contributed by atoms with E-state index in [2.05, 4.69) is 104 Å². The van der Waals surface area contributed by atoms with Crippen molar-refractivity contribution < 1.29 is 12.4 Å². The van der Waals surface area contributed by atoms with Gasteiger partial charge in [0.1, 0.15) is 0 Å². The third-order valence-electron chi connectivity index (χ3n) is 3.64. The summed E-state index contributed by atoms with van der Waals surface area (Å²) in [6, 6.07) is 31.1. The van der Waals surface area contributed by atoms with Crippen molar-refractivity contribution in [2.75, 3.05) is 14.1 Å². The average Bonchev–Trinajstić information content (AvgIpc) is 2.58. The van der Waals surface area contributed by atoms with Gasteiger partial charge >= 0.3 is 146 Å². The van der Waals surface area contributed by atoms with Crippen LogP contribution in [0, 0.1) is 0 Å². The summed E-state index contributed by atoms with van der Waals surface area (Å²) in [6.45, 7) is 0.993. The Balaban J connectivity index is 0.00000208. The predicted molar refractivity (Wildman–Crippen MR) is 101 cm³/mol. The van der Waals surface area contributed by atoms with Gasteiger partial charge in [-0.25, -0.2) is 0 Å². The Labute approximate surface area is 158 Å². The molecule has 0 N–H and O–H groups in total. The molecule has 0 radical (unpaired) electrons. The van der Waals surface area contributed by atoms with Crippen LogP contribution in [0.15, 0.2) is 84.9 Å². The second-order valence-corrected chi connectivity index (χ2v) is 11.5. The van der Waals surface area contributed by atoms with E-state index in [0.717, 1.165) is 6.54 Å². The van der Waals surface area contributed by atoms with Crippen molar-refractivity contribution in [1.82, 2.24) is 4.90 Å². The van der Waals surface area contributed by atoms with Crippen molar-refractivity contribution in [2.24, 2.45) is 0 Å². The van der Waals surface area contributed by atoms with Crippen LogP contribution >= 0.6 is 0 Å². The molecule has 0 fully saturated rings. The van der Waals surface area contributed by atoms with Gasteiger partial charge in [0.25, 0.3) is 0 Å². The molecular weight excluding hydrogens is 429 g/mol. The van der Waals surface area contributed by atoms with Crippen molar-refractivity contribution in [1.29, 1.82) is 0 Å². The maximum Gasteiger partial charge on any atom is -1.00 e. The van der Waals surface area contributed by atoms with Crippen molar-refractivity contribution in [2.45, 2.75) is 6.54 Å². The van der Waals surface area contributed by atoms with Gasteiger partial charge in [0.05, 0.1) is 0 Å². The van der Waals surface area contributed by atoms with Crippen LogP contribution in [0.25, 0.3) is 0 Å². The fraction of sp³-hybridized carbons (Fsp3) is 0.143. The van der Waals surface area contributed by atoms with E-state index < -0.39 is 19.6 Å². The van der Waals surface area contributed by atoms with Gasteiger partial charge in [-0.05, 0) is 0 Å². The largest absolute Gasteiger partial charge is 1.00 e. The summed E-state index contributed by atoms with van der Waals surface area (Å²) in [4.78, 5) is 2.26. The van der Waals surface area contributed by atoms with Gasteiger partial charge in [0.15, 0.2) is 0 Å². The first-order valence-electron chi connectivity index (χ1n) is 7.83. The van der Waals surface area contributed by atoms with Gasteiger partial charge in [-0.15, -0.1) is 0 Å². The number of hydrogen-bond acceptors (Lipinski definition) is 1. The standard InChI is InChI=1S/C21H22NTe.ClH/c1-22(2)17-18-11-9-10-16-21(18)23(19-12-5-3-6-13-19)20-14-7-4-8-15-20;/h3-16H,17H2,1-2H3;1H/q+1;/p-1. The number of benzene rings is 3. The minimum absolute atomic E-state index is 0. The molecule has 0 saturated heterocycles. The normalized spacial score (nSPS) is 10.7. The van der Waals surface area contributed by atoms with Crippen LogP contribution in [0.1, 0.15) is 5.56 Å². The molecule has 0 unspecified atom stereocenters. The fourth-order valence-corrected chi connectivity index (χ4v) is 9.09. The van der Waals surface area contributed by atoms with Gasteiger partial charge in [-0.3, -0.25) is 0 Å². The van der Waals surface area contributed by atoms with Gasteiger partial charge in [-0.1, -0.05) is 0 Å². The summed E-state index contributed by atoms with van der Waals surface area (Å²) in [7, 11) is 4.28. The molecule has 0 aromatic heterocycles. The van der Waals surface area contributed by atoms with Crippen LogP contribution in [0.2, 0.25) is 0 Å². The van der Waals surface area contributed by atoms with Crippen LogP contribution < -0.4 is 23.2 Å². The second-order valence-electron chi connectivity index (χ2n) is 5.78. The van der Waals surface area contributed by atoms with E-state index in [0.29, 0.717) is 0 Å². The van der Waals surface area contributed by atoms with Crippen molar-refractivity contribution in [3.8, 4) is 0 Å². The van der Waals surface area contributed by atoms with Crippen LogP contribution in [0.3, 0.4) is 0 Å². The van der Waals surface area contributed by atoms with E-state index in [9.17, 15) is 0 Å². The first-order chi connectivity index (χ1) is 11.3. The molecule has 1 nitrogen and oxygen atoms in total. The van der Waals surface area contributed by atoms with Gasteiger partial charge < -0.3 is 12.4 Å². The zero-order valence-electron chi connectivity index (χ0n) is 14.0. The summed E-state index contributed by atoms with van der Waals surface area (Å²) in [5, 5.41) is 0. The van der Waals surface area contributed by atoms with E-state index in [-0.39, 0.29) is 12.4 Å². The fourth-order valence-electron chi connectivity index (χ4n) is 2.68. The zero-order chi connectivity index (χ0) is 16.1. The van der Waals surface area contributed by atoms with E-state index in [4.69, 9.17) is 0 Å². The smallest absolute Gasteiger partial charge is 1.00 e. The minimum Gasteiger partial charge on any atom is -1.00 e. The third-order valence-corrected chi connectivity index (χ3v) is 10.3. The maximum absolute atomic E-state index is 2.34. The molecule has 0 aliphatic rings. The molecule has 0 atom stereocenters.